The van der Waals surface area contributed by atoms with Crippen LogP contribution in [0.1, 0.15) is 28.8 Å². The fraction of sp³-hybridized carbons (Fsp3) is 0.250. The Morgan fingerprint density at radius 2 is 2.21 bits per heavy atom. The molecule has 0 saturated carbocycles. The number of allylic oxidation sites excluding steroid dienone is 2. The largest absolute Gasteiger partial charge is 0.377 e. The lowest BCUT2D eigenvalue weighted by atomic mass is 9.79. The molecule has 19 heavy (non-hydrogen) atoms. The summed E-state index contributed by atoms with van der Waals surface area (Å²) in [5.74, 6) is 1.12. The summed E-state index contributed by atoms with van der Waals surface area (Å²) < 4.78 is 0. The van der Waals surface area contributed by atoms with Gasteiger partial charge in [0, 0.05) is 21.5 Å². The molecule has 3 atom stereocenters. The van der Waals surface area contributed by atoms with E-state index in [9.17, 15) is 0 Å². The highest BCUT2D eigenvalue weighted by Gasteiger charge is 2.38. The molecule has 96 valence electrons. The highest BCUT2D eigenvalue weighted by molar-refractivity contribution is 7.10. The topological polar surface area (TPSA) is 12.0 Å². The summed E-state index contributed by atoms with van der Waals surface area (Å²) in [6.45, 7) is 0. The lowest BCUT2D eigenvalue weighted by Gasteiger charge is -2.36. The van der Waals surface area contributed by atoms with Crippen molar-refractivity contribution in [3.05, 3.63) is 63.3 Å². The maximum atomic E-state index is 6.15. The van der Waals surface area contributed by atoms with Crippen molar-refractivity contribution in [3.63, 3.8) is 0 Å². The number of hydrogen-bond acceptors (Lipinski definition) is 2. The fourth-order valence-electron chi connectivity index (χ4n) is 3.32. The van der Waals surface area contributed by atoms with Crippen LogP contribution in [0.25, 0.3) is 0 Å². The SMILES string of the molecule is Clc1ccc2c(c1)C1C=CCC1C(c1cccs1)N2. The molecule has 1 aliphatic carbocycles. The second kappa shape index (κ2) is 4.39. The van der Waals surface area contributed by atoms with Crippen LogP contribution >= 0.6 is 22.9 Å². The Morgan fingerprint density at radius 1 is 1.26 bits per heavy atom. The van der Waals surface area contributed by atoms with Gasteiger partial charge in [-0.15, -0.1) is 11.3 Å². The second-order valence-electron chi connectivity index (χ2n) is 5.22. The van der Waals surface area contributed by atoms with E-state index in [2.05, 4.69) is 47.1 Å². The zero-order chi connectivity index (χ0) is 12.8. The summed E-state index contributed by atoms with van der Waals surface area (Å²) in [6.07, 6.45) is 5.81. The third kappa shape index (κ3) is 1.82. The summed E-state index contributed by atoms with van der Waals surface area (Å²) in [5.41, 5.74) is 2.58. The van der Waals surface area contributed by atoms with Crippen LogP contribution in [-0.2, 0) is 0 Å². The van der Waals surface area contributed by atoms with E-state index in [-0.39, 0.29) is 0 Å². The number of benzene rings is 1. The van der Waals surface area contributed by atoms with Crippen LogP contribution < -0.4 is 5.32 Å². The lowest BCUT2D eigenvalue weighted by molar-refractivity contribution is 0.430. The molecule has 0 fully saturated rings. The summed E-state index contributed by atoms with van der Waals surface area (Å²) >= 11 is 7.99. The standard InChI is InChI=1S/C16H14ClNS/c17-10-6-7-14-13(9-10)11-3-1-4-12(11)16(18-14)15-5-2-8-19-15/h1-3,5-9,11-12,16,18H,4H2. The zero-order valence-electron chi connectivity index (χ0n) is 10.3. The minimum Gasteiger partial charge on any atom is -0.377 e. The van der Waals surface area contributed by atoms with Crippen LogP contribution in [0.5, 0.6) is 0 Å². The maximum Gasteiger partial charge on any atom is 0.0646 e. The van der Waals surface area contributed by atoms with Gasteiger partial charge in [-0.05, 0) is 47.5 Å². The fourth-order valence-corrected chi connectivity index (χ4v) is 4.35. The van der Waals surface area contributed by atoms with Gasteiger partial charge >= 0.3 is 0 Å². The number of hydrogen-bond donors (Lipinski definition) is 1. The van der Waals surface area contributed by atoms with Gasteiger partial charge in [-0.2, -0.15) is 0 Å². The third-order valence-electron chi connectivity index (χ3n) is 4.17. The number of thiophene rings is 1. The molecule has 1 N–H and O–H groups in total. The Hall–Kier alpha value is -1.25. The predicted molar refractivity (Wildman–Crippen MR) is 82.1 cm³/mol. The lowest BCUT2D eigenvalue weighted by Crippen LogP contribution is -2.28. The monoisotopic (exact) mass is 287 g/mol. The molecule has 0 amide bonds. The number of halogens is 1. The number of rotatable bonds is 1. The summed E-state index contributed by atoms with van der Waals surface area (Å²) in [6, 6.07) is 11.0. The van der Waals surface area contributed by atoms with Gasteiger partial charge in [0.25, 0.3) is 0 Å². The van der Waals surface area contributed by atoms with E-state index in [1.807, 2.05) is 17.4 Å². The van der Waals surface area contributed by atoms with Crippen LogP contribution in [0.3, 0.4) is 0 Å². The first-order valence-electron chi connectivity index (χ1n) is 6.59. The van der Waals surface area contributed by atoms with E-state index >= 15 is 0 Å². The highest BCUT2D eigenvalue weighted by atomic mass is 35.5. The van der Waals surface area contributed by atoms with Crippen molar-refractivity contribution in [1.82, 2.24) is 0 Å². The van der Waals surface area contributed by atoms with Crippen molar-refractivity contribution in [2.75, 3.05) is 5.32 Å². The number of anilines is 1. The van der Waals surface area contributed by atoms with E-state index < -0.39 is 0 Å². The van der Waals surface area contributed by atoms with Crippen LogP contribution in [0.2, 0.25) is 5.02 Å². The van der Waals surface area contributed by atoms with Gasteiger partial charge in [-0.3, -0.25) is 0 Å². The molecule has 2 heterocycles. The van der Waals surface area contributed by atoms with E-state index in [0.717, 1.165) is 11.4 Å². The maximum absolute atomic E-state index is 6.15. The Morgan fingerprint density at radius 3 is 3.05 bits per heavy atom. The molecule has 3 heteroatoms. The molecule has 2 aliphatic rings. The molecule has 1 nitrogen and oxygen atoms in total. The van der Waals surface area contributed by atoms with Gasteiger partial charge in [0.1, 0.15) is 0 Å². The number of fused-ring (bicyclic) bond motifs is 3. The molecule has 0 spiro atoms. The second-order valence-corrected chi connectivity index (χ2v) is 6.64. The smallest absolute Gasteiger partial charge is 0.0646 e. The quantitative estimate of drug-likeness (QED) is 0.708. The Kier molecular flexibility index (Phi) is 2.68. The molecule has 4 rings (SSSR count). The predicted octanol–water partition coefficient (Wildman–Crippen LogP) is 5.23. The zero-order valence-corrected chi connectivity index (χ0v) is 11.9. The normalized spacial score (nSPS) is 27.7. The van der Waals surface area contributed by atoms with Crippen LogP contribution in [0, 0.1) is 5.92 Å². The van der Waals surface area contributed by atoms with E-state index in [1.54, 1.807) is 0 Å². The van der Waals surface area contributed by atoms with Crippen molar-refractivity contribution in [2.45, 2.75) is 18.4 Å². The minimum absolute atomic E-state index is 0.425. The van der Waals surface area contributed by atoms with Crippen molar-refractivity contribution in [3.8, 4) is 0 Å². The third-order valence-corrected chi connectivity index (χ3v) is 5.37. The Labute approximate surface area is 121 Å². The van der Waals surface area contributed by atoms with Gasteiger partial charge in [0.15, 0.2) is 0 Å². The molecule has 1 aromatic carbocycles. The van der Waals surface area contributed by atoms with Gasteiger partial charge in [0.2, 0.25) is 0 Å². The van der Waals surface area contributed by atoms with Crippen molar-refractivity contribution in [1.29, 1.82) is 0 Å². The highest BCUT2D eigenvalue weighted by Crippen LogP contribution is 2.50. The number of nitrogens with one attached hydrogen (secondary N) is 1. The van der Waals surface area contributed by atoms with Crippen molar-refractivity contribution < 1.29 is 0 Å². The Bertz CT molecular complexity index is 632. The average molecular weight is 288 g/mol. The van der Waals surface area contributed by atoms with Gasteiger partial charge < -0.3 is 5.32 Å². The van der Waals surface area contributed by atoms with E-state index in [0.29, 0.717) is 17.9 Å². The summed E-state index contributed by atoms with van der Waals surface area (Å²) in [7, 11) is 0. The van der Waals surface area contributed by atoms with E-state index in [1.165, 1.54) is 16.1 Å². The first-order valence-corrected chi connectivity index (χ1v) is 7.85. The molecule has 0 radical (unpaired) electrons. The van der Waals surface area contributed by atoms with Crippen LogP contribution in [0.15, 0.2) is 47.9 Å². The van der Waals surface area contributed by atoms with Crippen molar-refractivity contribution in [2.24, 2.45) is 5.92 Å². The Balaban J connectivity index is 1.82. The van der Waals surface area contributed by atoms with Crippen LogP contribution in [0.4, 0.5) is 5.69 Å². The van der Waals surface area contributed by atoms with Crippen LogP contribution in [-0.4, -0.2) is 0 Å². The first-order chi connectivity index (χ1) is 9.33. The van der Waals surface area contributed by atoms with Gasteiger partial charge in [0.05, 0.1) is 6.04 Å². The molecule has 3 unspecified atom stereocenters. The molecule has 1 aliphatic heterocycles. The minimum atomic E-state index is 0.425. The summed E-state index contributed by atoms with van der Waals surface area (Å²) in [5, 5.41) is 6.70. The first kappa shape index (κ1) is 11.6. The van der Waals surface area contributed by atoms with Gasteiger partial charge in [-0.25, -0.2) is 0 Å². The molecule has 0 saturated heterocycles. The van der Waals surface area contributed by atoms with Crippen molar-refractivity contribution >= 4 is 28.6 Å². The summed E-state index contributed by atoms with van der Waals surface area (Å²) in [4.78, 5) is 1.43. The molecule has 1 aromatic heterocycles. The van der Waals surface area contributed by atoms with E-state index in [4.69, 9.17) is 11.6 Å². The molecular weight excluding hydrogens is 274 g/mol. The average Bonchev–Trinajstić information content (AvgIpc) is 3.09. The molecule has 2 aromatic rings. The molecular formula is C16H14ClNS. The van der Waals surface area contributed by atoms with Gasteiger partial charge in [-0.1, -0.05) is 29.8 Å². The molecule has 0 bridgehead atoms.